The molecule has 0 aliphatic carbocycles. The number of nitrogens with zero attached hydrogens (tertiary/aromatic N) is 5. The van der Waals surface area contributed by atoms with Crippen molar-refractivity contribution in [1.82, 2.24) is 29.1 Å². The third-order valence-electron chi connectivity index (χ3n) is 7.65. The number of hydrogen-bond donors (Lipinski definition) is 3. The van der Waals surface area contributed by atoms with Crippen LogP contribution in [0.15, 0.2) is 58.8 Å². The molecule has 4 N–H and O–H groups in total. The van der Waals surface area contributed by atoms with E-state index in [9.17, 15) is 28.6 Å². The van der Waals surface area contributed by atoms with E-state index in [-0.39, 0.29) is 35.0 Å². The summed E-state index contributed by atoms with van der Waals surface area (Å²) in [4.78, 5) is 69.9. The molecule has 0 spiro atoms. The number of hydrogen-bond acceptors (Lipinski definition) is 18. The van der Waals surface area contributed by atoms with Gasteiger partial charge in [-0.3, -0.25) is 32.8 Å². The minimum absolute atomic E-state index is 0.00675. The van der Waals surface area contributed by atoms with Crippen molar-refractivity contribution in [2.45, 2.75) is 48.9 Å². The quantitative estimate of drug-likeness (QED) is 0.0696. The topological polar surface area (TPSA) is 261 Å². The van der Waals surface area contributed by atoms with Gasteiger partial charge in [-0.2, -0.15) is 0 Å². The number of methoxy groups -OCH3 is 1. The van der Waals surface area contributed by atoms with Gasteiger partial charge in [-0.05, 0) is 29.1 Å². The van der Waals surface area contributed by atoms with Gasteiger partial charge in [0.05, 0.1) is 13.2 Å². The number of anilines is 1. The molecule has 1 aliphatic heterocycles. The summed E-state index contributed by atoms with van der Waals surface area (Å²) in [5.41, 5.74) is 3.52. The van der Waals surface area contributed by atoms with Gasteiger partial charge >= 0.3 is 17.9 Å². The molecule has 4 heterocycles. The van der Waals surface area contributed by atoms with Gasteiger partial charge in [-0.1, -0.05) is 12.1 Å². The molecule has 0 amide bonds. The summed E-state index contributed by atoms with van der Waals surface area (Å²) >= 11 is 5.79. The number of ether oxygens (including phenoxy) is 4. The van der Waals surface area contributed by atoms with Crippen LogP contribution >= 0.6 is 38.8 Å². The molecule has 9 atom stereocenters. The lowest BCUT2D eigenvalue weighted by Crippen LogP contribution is -2.38. The number of nitrogens with two attached hydrogens (primary N) is 1. The SMILES string of the molecule is CO[C@H](COP(=O)(O[C@H]1[C@@H](F)[C@H](n2ccc(=O)[nH]c2=O)O[C@@H]1COPO)SCc1ccc(OC(=O)Cl)cc1)[C@@H](F)[C@@H](OC=O)n1cnc2c(N)ncnc21. The molecule has 3 aromatic heterocycles. The Morgan fingerprint density at radius 3 is 2.69 bits per heavy atom. The Kier molecular flexibility index (Phi) is 14.2. The lowest BCUT2D eigenvalue weighted by molar-refractivity contribution is -0.150. The molecule has 1 saturated heterocycles. The van der Waals surface area contributed by atoms with Gasteiger partial charge in [0, 0.05) is 36.7 Å². The second-order valence-corrected chi connectivity index (χ2v) is 15.7. The number of benzene rings is 1. The molecule has 2 unspecified atom stereocenters. The van der Waals surface area contributed by atoms with Crippen molar-refractivity contribution < 1.29 is 60.3 Å². The van der Waals surface area contributed by atoms with E-state index in [2.05, 4.69) is 15.0 Å². The lowest BCUT2D eigenvalue weighted by Gasteiger charge is -2.29. The van der Waals surface area contributed by atoms with Crippen molar-refractivity contribution in [3.63, 3.8) is 0 Å². The number of halogens is 3. The van der Waals surface area contributed by atoms with Gasteiger partial charge in [0.15, 0.2) is 39.1 Å². The number of nitrogens with one attached hydrogen (secondary N) is 1. The highest BCUT2D eigenvalue weighted by atomic mass is 35.5. The number of carbonyl (C=O) groups excluding carboxylic acids is 2. The number of rotatable bonds is 19. The maximum absolute atomic E-state index is 16.3. The molecule has 1 fully saturated rings. The smallest absolute Gasteiger partial charge is 0.409 e. The Labute approximate surface area is 312 Å². The van der Waals surface area contributed by atoms with Crippen LogP contribution in [0.5, 0.6) is 5.75 Å². The number of H-pyrrole nitrogens is 1. The predicted octanol–water partition coefficient (Wildman–Crippen LogP) is 2.92. The largest absolute Gasteiger partial charge is 0.440 e. The van der Waals surface area contributed by atoms with Crippen LogP contribution in [0.2, 0.25) is 0 Å². The fraction of sp³-hybridized carbons (Fsp3) is 0.393. The minimum atomic E-state index is -4.66. The number of alkyl halides is 2. The number of fused-ring (bicyclic) bond motifs is 1. The summed E-state index contributed by atoms with van der Waals surface area (Å²) in [6, 6.07) is 6.71. The number of carbonyl (C=O) groups is 2. The van der Waals surface area contributed by atoms with Crippen molar-refractivity contribution >= 4 is 67.7 Å². The van der Waals surface area contributed by atoms with Crippen molar-refractivity contribution in [3.8, 4) is 5.75 Å². The van der Waals surface area contributed by atoms with Gasteiger partial charge in [-0.15, -0.1) is 0 Å². The van der Waals surface area contributed by atoms with Crippen molar-refractivity contribution in [2.24, 2.45) is 0 Å². The van der Waals surface area contributed by atoms with Gasteiger partial charge in [0.25, 0.3) is 12.0 Å². The standard InChI is InChI=1S/C28H30ClF2N7O13P2S/c1-45-16(19(30)25(46-13-39)38-12-35-21-23(32)33-11-34-24(21)38)9-48-53(44,54-10-14-2-4-15(5-3-14)49-27(29)41)51-22-17(8-47-52-43)50-26(20(22)31)37-7-6-18(40)36-28(37)42/h2-7,11-13,16-17,19-20,22,25-26,43,52H,8-10H2,1H3,(H2,32,33,34)(H,36,40,42)/t16-,17-,19-,20-,22-,25-,26-,53?/m1/s1. The molecular weight excluding hydrogens is 810 g/mol. The maximum atomic E-state index is 16.3. The number of imidazole rings is 1. The third kappa shape index (κ3) is 9.85. The van der Waals surface area contributed by atoms with E-state index < -0.39 is 88.8 Å². The van der Waals surface area contributed by atoms with Crippen molar-refractivity contribution in [1.29, 1.82) is 0 Å². The van der Waals surface area contributed by atoms with E-state index in [1.54, 1.807) is 0 Å². The van der Waals surface area contributed by atoms with Gasteiger partial charge < -0.3 is 34.1 Å². The third-order valence-corrected chi connectivity index (χ3v) is 11.7. The molecule has 1 aliphatic rings. The average Bonchev–Trinajstić information content (AvgIpc) is 3.70. The highest BCUT2D eigenvalue weighted by Crippen LogP contribution is 2.64. The summed E-state index contributed by atoms with van der Waals surface area (Å²) in [6.45, 7) is -6.03. The molecule has 0 saturated carbocycles. The summed E-state index contributed by atoms with van der Waals surface area (Å²) in [5, 5.41) is 0. The van der Waals surface area contributed by atoms with Crippen molar-refractivity contribution in [2.75, 3.05) is 26.1 Å². The highest BCUT2D eigenvalue weighted by molar-refractivity contribution is 8.54. The van der Waals surface area contributed by atoms with Gasteiger partial charge in [-0.25, -0.2) is 37.9 Å². The predicted molar refractivity (Wildman–Crippen MR) is 186 cm³/mol. The molecular formula is C28H30ClF2N7O13P2S. The van der Waals surface area contributed by atoms with Crippen LogP contribution in [0, 0.1) is 0 Å². The first kappa shape index (κ1) is 41.3. The van der Waals surface area contributed by atoms with E-state index in [1.807, 2.05) is 4.98 Å². The maximum Gasteiger partial charge on any atom is 0.409 e. The Hall–Kier alpha value is -3.89. The molecule has 292 valence electrons. The Bertz CT molecular complexity index is 2080. The lowest BCUT2D eigenvalue weighted by atomic mass is 10.1. The zero-order chi connectivity index (χ0) is 39.0. The Morgan fingerprint density at radius 2 is 2.02 bits per heavy atom. The molecule has 4 aromatic rings. The molecule has 0 bridgehead atoms. The first-order chi connectivity index (χ1) is 25.9. The molecule has 20 nitrogen and oxygen atoms in total. The van der Waals surface area contributed by atoms with Gasteiger partial charge in [0.1, 0.15) is 42.2 Å². The summed E-state index contributed by atoms with van der Waals surface area (Å²) in [6.07, 6.45) is -9.68. The average molecular weight is 840 g/mol. The van der Waals surface area contributed by atoms with E-state index >= 15 is 8.78 Å². The van der Waals surface area contributed by atoms with Crippen LogP contribution in [0.3, 0.4) is 0 Å². The van der Waals surface area contributed by atoms with E-state index in [0.29, 0.717) is 16.9 Å². The molecule has 54 heavy (non-hydrogen) atoms. The molecule has 5 rings (SSSR count). The monoisotopic (exact) mass is 839 g/mol. The highest BCUT2D eigenvalue weighted by Gasteiger charge is 2.51. The van der Waals surface area contributed by atoms with E-state index in [0.717, 1.165) is 41.2 Å². The summed E-state index contributed by atoms with van der Waals surface area (Å²) in [5.74, 6) is -0.0785. The Morgan fingerprint density at radius 1 is 1.26 bits per heavy atom. The number of nitrogen functional groups attached to an aromatic ring is 1. The zero-order valence-electron chi connectivity index (χ0n) is 27.5. The second-order valence-electron chi connectivity index (χ2n) is 10.9. The summed E-state index contributed by atoms with van der Waals surface area (Å²) < 4.78 is 86.2. The second kappa shape index (κ2) is 18.6. The van der Waals surface area contributed by atoms with Crippen LogP contribution in [-0.4, -0.2) is 96.8 Å². The van der Waals surface area contributed by atoms with Crippen LogP contribution < -0.4 is 21.7 Å². The number of aromatic amines is 1. The fourth-order valence-corrected chi connectivity index (χ4v) is 8.83. The summed E-state index contributed by atoms with van der Waals surface area (Å²) in [7, 11) is 0.0203. The van der Waals surface area contributed by atoms with Crippen LogP contribution in [0.4, 0.5) is 19.4 Å². The molecule has 26 heteroatoms. The van der Waals surface area contributed by atoms with Gasteiger partial charge in [0.2, 0.25) is 6.23 Å². The van der Waals surface area contributed by atoms with Crippen molar-refractivity contribution in [3.05, 3.63) is 75.6 Å². The zero-order valence-corrected chi connectivity index (χ0v) is 31.0. The number of aromatic nitrogens is 6. The van der Waals surface area contributed by atoms with E-state index in [4.69, 9.17) is 49.9 Å². The molecule has 1 aromatic carbocycles. The van der Waals surface area contributed by atoms with E-state index in [1.165, 1.54) is 24.3 Å². The van der Waals surface area contributed by atoms with Crippen LogP contribution in [0.25, 0.3) is 11.2 Å². The van der Waals surface area contributed by atoms with Crippen LogP contribution in [-0.2, 0) is 42.9 Å². The first-order valence-electron chi connectivity index (χ1n) is 15.2. The normalized spacial score (nSPS) is 21.5. The molecule has 0 radical (unpaired) electrons. The Balaban J connectivity index is 1.42. The first-order valence-corrected chi connectivity index (χ1v) is 19.6. The van der Waals surface area contributed by atoms with Crippen LogP contribution in [0.1, 0.15) is 18.0 Å². The fourth-order valence-electron chi connectivity index (χ4n) is 5.12. The minimum Gasteiger partial charge on any atom is -0.440 e.